The molecule has 0 saturated heterocycles. The molecular weight excluding hydrogens is 1130 g/mol. The van der Waals surface area contributed by atoms with E-state index in [-0.39, 0.29) is 37.8 Å². The van der Waals surface area contributed by atoms with Crippen molar-refractivity contribution in [1.29, 1.82) is 0 Å². The van der Waals surface area contributed by atoms with Crippen molar-refractivity contribution in [2.75, 3.05) is 20.4 Å². The Kier molecular flexibility index (Phi) is 20.9. The molecule has 0 fully saturated rings. The highest BCUT2D eigenvalue weighted by Gasteiger charge is 2.12. The summed E-state index contributed by atoms with van der Waals surface area (Å²) in [6.45, 7) is 12.3. The van der Waals surface area contributed by atoms with Gasteiger partial charge < -0.3 is 28.4 Å². The highest BCUT2D eigenvalue weighted by molar-refractivity contribution is 5.69. The second-order valence-electron chi connectivity index (χ2n) is 21.9. The predicted molar refractivity (Wildman–Crippen MR) is 358 cm³/mol. The number of halogens is 3. The average Bonchev–Trinajstić information content (AvgIpc) is 3.74. The van der Waals surface area contributed by atoms with E-state index in [9.17, 15) is 13.2 Å². The molecule has 0 amide bonds. The fourth-order valence-electron chi connectivity index (χ4n) is 9.62. The van der Waals surface area contributed by atoms with Crippen LogP contribution in [0.4, 0.5) is 13.2 Å². The van der Waals surface area contributed by atoms with Gasteiger partial charge in [0.1, 0.15) is 51.9 Å². The fraction of sp³-hybridized carbons (Fsp3) is 0.111. The van der Waals surface area contributed by atoms with Gasteiger partial charge >= 0.3 is 0 Å². The Hall–Kier alpha value is -10.8. The lowest BCUT2D eigenvalue weighted by molar-refractivity contribution is 0.119. The first-order valence-electron chi connectivity index (χ1n) is 29.6. The maximum Gasteiger partial charge on any atom is 0.230 e. The molecule has 0 bridgehead atoms. The molecule has 0 N–H and O–H groups in total. The molecule has 0 saturated carbocycles. The molecule has 0 radical (unpaired) electrons. The van der Waals surface area contributed by atoms with E-state index in [0.29, 0.717) is 39.7 Å². The van der Waals surface area contributed by atoms with Crippen LogP contribution in [0, 0.1) is 59.0 Å². The second-order valence-corrected chi connectivity index (χ2v) is 21.9. The van der Waals surface area contributed by atoms with E-state index in [1.54, 1.807) is 36.4 Å². The summed E-state index contributed by atoms with van der Waals surface area (Å²) in [6, 6.07) is 86.7. The molecule has 0 atom stereocenters. The standard InChI is InChI=1S/C27H22F2O2.C27H23FO2.C27H24O2/c1-18-3-7-20(8-4-18)24-13-11-22(15-26(24)28)30-17-31-23-12-14-25(27(29)16-23)21-9-5-19(2)6-10-21;1-19-3-7-21(8-4-19)22-11-13-24(14-12-22)29-18-30-25-15-16-26(27(28)17-25)23-9-5-20(2)6-10-23;1-20-3-7-22(8-4-20)24-11-15-26(16-12-24)28-19-29-27-17-13-25(14-18-27)23-9-5-21(2)6-10-23/h3-16H,17H2,1-2H3;3-17H,18H2,1-2H3;3-18H,19H2,1-2H3. The molecule has 12 aromatic rings. The molecule has 0 aromatic heterocycles. The molecule has 0 aliphatic rings. The van der Waals surface area contributed by atoms with Gasteiger partial charge in [0.2, 0.25) is 20.4 Å². The molecule has 0 heterocycles. The summed E-state index contributed by atoms with van der Waals surface area (Å²) in [5.74, 6) is 2.30. The van der Waals surface area contributed by atoms with Crippen LogP contribution in [0.1, 0.15) is 33.4 Å². The van der Waals surface area contributed by atoms with E-state index in [4.69, 9.17) is 28.4 Å². The molecule has 0 spiro atoms. The number of rotatable bonds is 18. The van der Waals surface area contributed by atoms with E-state index >= 15 is 0 Å². The highest BCUT2D eigenvalue weighted by atomic mass is 19.1. The third kappa shape index (κ3) is 17.5. The summed E-state index contributed by atoms with van der Waals surface area (Å²) in [7, 11) is 0. The van der Waals surface area contributed by atoms with E-state index < -0.39 is 0 Å². The van der Waals surface area contributed by atoms with Crippen molar-refractivity contribution in [3.05, 3.63) is 324 Å². The van der Waals surface area contributed by atoms with Crippen LogP contribution in [-0.4, -0.2) is 20.4 Å². The SMILES string of the molecule is Cc1ccc(-c2ccc(OCOc3ccc(-c4ccc(C)cc4)c(F)c3)cc2)cc1.Cc1ccc(-c2ccc(OCOc3ccc(-c4ccc(C)cc4)c(F)c3)cc2F)cc1.Cc1ccc(-c2ccc(OCOc3ccc(-c4ccc(C)cc4)cc3)cc2)cc1. The van der Waals surface area contributed by atoms with Crippen LogP contribution >= 0.6 is 0 Å². The van der Waals surface area contributed by atoms with E-state index in [1.807, 2.05) is 142 Å². The lowest BCUT2D eigenvalue weighted by Crippen LogP contribution is -2.06. The van der Waals surface area contributed by atoms with Gasteiger partial charge in [-0.25, -0.2) is 13.2 Å². The van der Waals surface area contributed by atoms with Gasteiger partial charge in [0.25, 0.3) is 0 Å². The number of ether oxygens (including phenoxy) is 6. The van der Waals surface area contributed by atoms with Crippen LogP contribution < -0.4 is 28.4 Å². The van der Waals surface area contributed by atoms with Crippen molar-refractivity contribution >= 4 is 0 Å². The molecule has 9 heteroatoms. The molecule has 0 aliphatic heterocycles. The summed E-state index contributed by atoms with van der Waals surface area (Å²) < 4.78 is 77.1. The van der Waals surface area contributed by atoms with Gasteiger partial charge in [-0.1, -0.05) is 215 Å². The van der Waals surface area contributed by atoms with Crippen molar-refractivity contribution in [2.45, 2.75) is 41.5 Å². The quantitative estimate of drug-likeness (QED) is 0.0798. The van der Waals surface area contributed by atoms with Gasteiger partial charge in [-0.05, 0) is 164 Å². The maximum absolute atomic E-state index is 14.5. The molecule has 450 valence electrons. The van der Waals surface area contributed by atoms with Crippen LogP contribution in [0.3, 0.4) is 0 Å². The molecule has 12 aromatic carbocycles. The van der Waals surface area contributed by atoms with E-state index in [0.717, 1.165) is 56.0 Å². The van der Waals surface area contributed by atoms with Gasteiger partial charge in [-0.15, -0.1) is 0 Å². The zero-order chi connectivity index (χ0) is 62.8. The van der Waals surface area contributed by atoms with Gasteiger partial charge in [-0.2, -0.15) is 0 Å². The first kappa shape index (κ1) is 62.3. The zero-order valence-corrected chi connectivity index (χ0v) is 51.2. The Morgan fingerprint density at radius 3 is 0.533 bits per heavy atom. The van der Waals surface area contributed by atoms with Crippen molar-refractivity contribution < 1.29 is 41.6 Å². The Labute approximate surface area is 526 Å². The zero-order valence-electron chi connectivity index (χ0n) is 51.2. The minimum absolute atomic E-state index is 0.00714. The first-order chi connectivity index (χ1) is 43.7. The van der Waals surface area contributed by atoms with Gasteiger partial charge in [0.15, 0.2) is 0 Å². The van der Waals surface area contributed by atoms with Crippen LogP contribution in [0.25, 0.3) is 66.8 Å². The maximum atomic E-state index is 14.5. The van der Waals surface area contributed by atoms with E-state index in [2.05, 4.69) is 118 Å². The summed E-state index contributed by atoms with van der Waals surface area (Å²) in [4.78, 5) is 0. The van der Waals surface area contributed by atoms with Crippen LogP contribution in [0.2, 0.25) is 0 Å². The first-order valence-corrected chi connectivity index (χ1v) is 29.6. The van der Waals surface area contributed by atoms with Crippen molar-refractivity contribution in [3.8, 4) is 101 Å². The fourth-order valence-corrected chi connectivity index (χ4v) is 9.62. The largest absolute Gasteiger partial charge is 0.458 e. The summed E-state index contributed by atoms with van der Waals surface area (Å²) in [5.41, 5.74) is 18.2. The lowest BCUT2D eigenvalue weighted by Gasteiger charge is -2.11. The number of aryl methyl sites for hydroxylation is 6. The van der Waals surface area contributed by atoms with Crippen molar-refractivity contribution in [1.82, 2.24) is 0 Å². The normalized spacial score (nSPS) is 10.6. The smallest absolute Gasteiger partial charge is 0.230 e. The van der Waals surface area contributed by atoms with Crippen molar-refractivity contribution in [2.24, 2.45) is 0 Å². The molecule has 6 nitrogen and oxygen atoms in total. The summed E-state index contributed by atoms with van der Waals surface area (Å²) >= 11 is 0. The van der Waals surface area contributed by atoms with E-state index in [1.165, 1.54) is 57.1 Å². The number of hydrogen-bond donors (Lipinski definition) is 0. The Bertz CT molecular complexity index is 4050. The Morgan fingerprint density at radius 2 is 0.344 bits per heavy atom. The van der Waals surface area contributed by atoms with Crippen molar-refractivity contribution in [3.63, 3.8) is 0 Å². The van der Waals surface area contributed by atoms with Crippen LogP contribution in [-0.2, 0) is 0 Å². The summed E-state index contributed by atoms with van der Waals surface area (Å²) in [6.07, 6.45) is 0. The third-order valence-corrected chi connectivity index (χ3v) is 15.0. The van der Waals surface area contributed by atoms with Gasteiger partial charge in [0, 0.05) is 34.9 Å². The third-order valence-electron chi connectivity index (χ3n) is 15.0. The van der Waals surface area contributed by atoms with Crippen LogP contribution in [0.5, 0.6) is 34.5 Å². The average molecular weight is 1200 g/mol. The molecule has 0 unspecified atom stereocenters. The van der Waals surface area contributed by atoms with Gasteiger partial charge in [0.05, 0.1) is 0 Å². The van der Waals surface area contributed by atoms with Gasteiger partial charge in [-0.3, -0.25) is 0 Å². The Morgan fingerprint density at radius 1 is 0.189 bits per heavy atom. The molecule has 12 rings (SSSR count). The molecular formula is C81H69F3O6. The minimum Gasteiger partial charge on any atom is -0.458 e. The molecule has 90 heavy (non-hydrogen) atoms. The lowest BCUT2D eigenvalue weighted by atomic mass is 10.0. The topological polar surface area (TPSA) is 55.4 Å². The monoisotopic (exact) mass is 1190 g/mol. The predicted octanol–water partition coefficient (Wildman–Crippen LogP) is 21.6. The number of benzene rings is 12. The second kappa shape index (κ2) is 30.2. The minimum atomic E-state index is -0.380. The Balaban J connectivity index is 0.000000149. The highest BCUT2D eigenvalue weighted by Crippen LogP contribution is 2.32. The molecule has 0 aliphatic carbocycles. The summed E-state index contributed by atoms with van der Waals surface area (Å²) in [5, 5.41) is 0. The number of hydrogen-bond acceptors (Lipinski definition) is 6. The van der Waals surface area contributed by atoms with Crippen LogP contribution in [0.15, 0.2) is 273 Å².